The molecule has 0 aromatic heterocycles. The van der Waals surface area contributed by atoms with E-state index in [1.165, 1.54) is 25.3 Å². The van der Waals surface area contributed by atoms with Crippen LogP contribution in [0.25, 0.3) is 0 Å². The number of halogens is 1. The number of rotatable bonds is 4. The van der Waals surface area contributed by atoms with Gasteiger partial charge in [0.25, 0.3) is 0 Å². The molecule has 1 aromatic rings. The summed E-state index contributed by atoms with van der Waals surface area (Å²) in [7, 11) is 2.20. The minimum atomic E-state index is 0.660. The van der Waals surface area contributed by atoms with Crippen LogP contribution in [0.15, 0.2) is 28.7 Å². The molecule has 0 amide bonds. The Morgan fingerprint density at radius 3 is 2.94 bits per heavy atom. The Kier molecular flexibility index (Phi) is 5.03. The molecule has 1 fully saturated rings. The molecule has 1 aromatic carbocycles. The van der Waals surface area contributed by atoms with Gasteiger partial charge in [0.1, 0.15) is 0 Å². The van der Waals surface area contributed by atoms with Crippen LogP contribution in [0.3, 0.4) is 0 Å². The minimum absolute atomic E-state index is 0.660. The van der Waals surface area contributed by atoms with Gasteiger partial charge in [-0.2, -0.15) is 0 Å². The highest BCUT2D eigenvalue weighted by molar-refractivity contribution is 9.10. The lowest BCUT2D eigenvalue weighted by Crippen LogP contribution is -2.51. The highest BCUT2D eigenvalue weighted by Crippen LogP contribution is 2.15. The van der Waals surface area contributed by atoms with E-state index in [1.807, 2.05) is 6.07 Å². The number of nitrogens with zero attached hydrogens (tertiary/aromatic N) is 2. The Labute approximate surface area is 118 Å². The SMILES string of the molecule is CC1CN(C)CCN1CCNc1cccc(Br)c1. The lowest BCUT2D eigenvalue weighted by atomic mass is 10.2. The zero-order chi connectivity index (χ0) is 13.0. The van der Waals surface area contributed by atoms with Crippen LogP contribution in [0.5, 0.6) is 0 Å². The van der Waals surface area contributed by atoms with Crippen molar-refractivity contribution in [1.82, 2.24) is 9.80 Å². The molecule has 1 unspecified atom stereocenters. The number of piperazine rings is 1. The summed E-state index contributed by atoms with van der Waals surface area (Å²) in [4.78, 5) is 4.97. The molecule has 1 saturated heterocycles. The average molecular weight is 312 g/mol. The molecule has 1 N–H and O–H groups in total. The maximum atomic E-state index is 3.49. The van der Waals surface area contributed by atoms with Crippen LogP contribution in [0, 0.1) is 0 Å². The summed E-state index contributed by atoms with van der Waals surface area (Å²) in [6.45, 7) is 7.97. The maximum Gasteiger partial charge on any atom is 0.0351 e. The van der Waals surface area contributed by atoms with Crippen LogP contribution in [-0.4, -0.2) is 55.6 Å². The van der Waals surface area contributed by atoms with Gasteiger partial charge >= 0.3 is 0 Å². The van der Waals surface area contributed by atoms with E-state index < -0.39 is 0 Å². The number of hydrogen-bond donors (Lipinski definition) is 1. The predicted octanol–water partition coefficient (Wildman–Crippen LogP) is 2.50. The Morgan fingerprint density at radius 2 is 2.22 bits per heavy atom. The van der Waals surface area contributed by atoms with Gasteiger partial charge in [-0.25, -0.2) is 0 Å². The van der Waals surface area contributed by atoms with Crippen molar-refractivity contribution in [2.75, 3.05) is 45.1 Å². The molecule has 1 aliphatic heterocycles. The number of hydrogen-bond acceptors (Lipinski definition) is 3. The molecule has 0 saturated carbocycles. The fourth-order valence-corrected chi connectivity index (χ4v) is 2.85. The first-order chi connectivity index (χ1) is 8.65. The molecule has 100 valence electrons. The smallest absolute Gasteiger partial charge is 0.0351 e. The topological polar surface area (TPSA) is 18.5 Å². The van der Waals surface area contributed by atoms with Gasteiger partial charge in [0.2, 0.25) is 0 Å². The first kappa shape index (κ1) is 13.8. The number of likely N-dealkylation sites (N-methyl/N-ethyl adjacent to an activating group) is 1. The Bertz CT molecular complexity index is 383. The van der Waals surface area contributed by atoms with E-state index in [-0.39, 0.29) is 0 Å². The standard InChI is InChI=1S/C14H22BrN3/c1-12-11-17(2)8-9-18(12)7-6-16-14-5-3-4-13(15)10-14/h3-5,10,12,16H,6-9,11H2,1-2H3. The van der Waals surface area contributed by atoms with Crippen molar-refractivity contribution < 1.29 is 0 Å². The van der Waals surface area contributed by atoms with Crippen LogP contribution in [-0.2, 0) is 0 Å². The summed E-state index contributed by atoms with van der Waals surface area (Å²) in [5.41, 5.74) is 1.19. The van der Waals surface area contributed by atoms with E-state index in [1.54, 1.807) is 0 Å². The summed E-state index contributed by atoms with van der Waals surface area (Å²) >= 11 is 3.49. The third-order valence-corrected chi connectivity index (χ3v) is 4.01. The van der Waals surface area contributed by atoms with Crippen molar-refractivity contribution in [2.24, 2.45) is 0 Å². The van der Waals surface area contributed by atoms with Crippen molar-refractivity contribution in [3.05, 3.63) is 28.7 Å². The van der Waals surface area contributed by atoms with Gasteiger partial charge in [0.15, 0.2) is 0 Å². The van der Waals surface area contributed by atoms with Gasteiger partial charge in [-0.15, -0.1) is 0 Å². The lowest BCUT2D eigenvalue weighted by Gasteiger charge is -2.38. The first-order valence-electron chi connectivity index (χ1n) is 6.57. The van der Waals surface area contributed by atoms with E-state index in [9.17, 15) is 0 Å². The highest BCUT2D eigenvalue weighted by Gasteiger charge is 2.20. The number of benzene rings is 1. The van der Waals surface area contributed by atoms with Gasteiger partial charge in [-0.3, -0.25) is 4.90 Å². The minimum Gasteiger partial charge on any atom is -0.384 e. The third kappa shape index (κ3) is 3.97. The summed E-state index contributed by atoms with van der Waals surface area (Å²) in [5, 5.41) is 3.48. The van der Waals surface area contributed by atoms with E-state index in [0.29, 0.717) is 6.04 Å². The molecule has 0 aliphatic carbocycles. The fourth-order valence-electron chi connectivity index (χ4n) is 2.45. The molecule has 1 heterocycles. The molecule has 4 heteroatoms. The molecule has 0 radical (unpaired) electrons. The highest BCUT2D eigenvalue weighted by atomic mass is 79.9. The average Bonchev–Trinajstić information content (AvgIpc) is 2.32. The van der Waals surface area contributed by atoms with Crippen molar-refractivity contribution in [3.63, 3.8) is 0 Å². The lowest BCUT2D eigenvalue weighted by molar-refractivity contribution is 0.104. The zero-order valence-electron chi connectivity index (χ0n) is 11.2. The Morgan fingerprint density at radius 1 is 1.39 bits per heavy atom. The van der Waals surface area contributed by atoms with Crippen molar-refractivity contribution in [1.29, 1.82) is 0 Å². The van der Waals surface area contributed by atoms with Gasteiger partial charge in [-0.1, -0.05) is 22.0 Å². The van der Waals surface area contributed by atoms with Crippen molar-refractivity contribution in [3.8, 4) is 0 Å². The number of nitrogens with one attached hydrogen (secondary N) is 1. The summed E-state index contributed by atoms with van der Waals surface area (Å²) in [6, 6.07) is 9.00. The normalized spacial score (nSPS) is 22.1. The Hall–Kier alpha value is -0.580. The molecule has 3 nitrogen and oxygen atoms in total. The summed E-state index contributed by atoms with van der Waals surface area (Å²) in [6.07, 6.45) is 0. The van der Waals surface area contributed by atoms with Crippen LogP contribution in [0.4, 0.5) is 5.69 Å². The van der Waals surface area contributed by atoms with E-state index in [4.69, 9.17) is 0 Å². The summed E-state index contributed by atoms with van der Waals surface area (Å²) in [5.74, 6) is 0. The molecule has 1 atom stereocenters. The monoisotopic (exact) mass is 311 g/mol. The van der Waals surface area contributed by atoms with Crippen LogP contribution < -0.4 is 5.32 Å². The second-order valence-electron chi connectivity index (χ2n) is 5.08. The fraction of sp³-hybridized carbons (Fsp3) is 0.571. The van der Waals surface area contributed by atoms with Crippen LogP contribution in [0.2, 0.25) is 0 Å². The van der Waals surface area contributed by atoms with E-state index in [0.717, 1.165) is 17.6 Å². The van der Waals surface area contributed by atoms with E-state index >= 15 is 0 Å². The second kappa shape index (κ2) is 6.55. The predicted molar refractivity (Wildman–Crippen MR) is 81.2 cm³/mol. The molecule has 0 bridgehead atoms. The van der Waals surface area contributed by atoms with E-state index in [2.05, 4.69) is 63.2 Å². The van der Waals surface area contributed by atoms with Gasteiger partial charge < -0.3 is 10.2 Å². The second-order valence-corrected chi connectivity index (χ2v) is 6.00. The van der Waals surface area contributed by atoms with Crippen molar-refractivity contribution in [2.45, 2.75) is 13.0 Å². The Balaban J connectivity index is 1.75. The zero-order valence-corrected chi connectivity index (χ0v) is 12.8. The van der Waals surface area contributed by atoms with Crippen molar-refractivity contribution >= 4 is 21.6 Å². The largest absolute Gasteiger partial charge is 0.384 e. The van der Waals surface area contributed by atoms with Gasteiger partial charge in [-0.05, 0) is 32.2 Å². The van der Waals surface area contributed by atoms with Crippen LogP contribution in [0.1, 0.15) is 6.92 Å². The summed E-state index contributed by atoms with van der Waals surface area (Å²) < 4.78 is 1.13. The maximum absolute atomic E-state index is 3.49. The van der Waals surface area contributed by atoms with Crippen LogP contribution >= 0.6 is 15.9 Å². The molecule has 1 aliphatic rings. The molecule has 2 rings (SSSR count). The van der Waals surface area contributed by atoms with Gasteiger partial charge in [0.05, 0.1) is 0 Å². The molecular formula is C14H22BrN3. The first-order valence-corrected chi connectivity index (χ1v) is 7.36. The molecular weight excluding hydrogens is 290 g/mol. The third-order valence-electron chi connectivity index (χ3n) is 3.52. The number of anilines is 1. The quantitative estimate of drug-likeness (QED) is 0.921. The molecule has 18 heavy (non-hydrogen) atoms. The molecule has 0 spiro atoms. The van der Waals surface area contributed by atoms with Gasteiger partial charge in [0, 0.05) is 48.9 Å².